The van der Waals surface area contributed by atoms with Gasteiger partial charge < -0.3 is 10.1 Å². The van der Waals surface area contributed by atoms with Gasteiger partial charge in [-0.05, 0) is 61.7 Å². The van der Waals surface area contributed by atoms with Gasteiger partial charge in [-0.25, -0.2) is 0 Å². The first-order valence-electron chi connectivity index (χ1n) is 9.20. The van der Waals surface area contributed by atoms with Crippen molar-refractivity contribution < 1.29 is 9.53 Å². The fourth-order valence-electron chi connectivity index (χ4n) is 3.10. The van der Waals surface area contributed by atoms with Crippen LogP contribution in [0.5, 0.6) is 5.75 Å². The smallest absolute Gasteiger partial charge is 0.248 e. The van der Waals surface area contributed by atoms with Gasteiger partial charge in [-0.15, -0.1) is 11.8 Å². The van der Waals surface area contributed by atoms with Crippen LogP contribution < -0.4 is 20.9 Å². The fourth-order valence-corrected chi connectivity index (χ4v) is 4.00. The Morgan fingerprint density at radius 2 is 1.96 bits per heavy atom. The summed E-state index contributed by atoms with van der Waals surface area (Å²) in [5.74, 6) is 2.32. The third-order valence-electron chi connectivity index (χ3n) is 4.84. The molecule has 3 atom stereocenters. The largest absolute Gasteiger partial charge is 0.494 e. The molecule has 0 aliphatic heterocycles. The van der Waals surface area contributed by atoms with E-state index in [9.17, 15) is 4.79 Å². The zero-order valence-corrected chi connectivity index (χ0v) is 17.3. The van der Waals surface area contributed by atoms with Crippen molar-refractivity contribution >= 4 is 35.0 Å². The van der Waals surface area contributed by atoms with Crippen LogP contribution in [0.4, 0.5) is 0 Å². The lowest BCUT2D eigenvalue weighted by Gasteiger charge is -2.35. The number of ether oxygens (including phenoxy) is 1. The highest BCUT2D eigenvalue weighted by molar-refractivity contribution is 8.00. The number of rotatable bonds is 6. The molecule has 0 heterocycles. The van der Waals surface area contributed by atoms with E-state index in [1.807, 2.05) is 31.2 Å². The van der Waals surface area contributed by atoms with E-state index in [0.29, 0.717) is 35.3 Å². The van der Waals surface area contributed by atoms with Gasteiger partial charge in [0.25, 0.3) is 0 Å². The van der Waals surface area contributed by atoms with Crippen LogP contribution >= 0.6 is 24.0 Å². The SMILES string of the molecule is CCOc1ccc(SCC(=O)NNC(=S)N[C@@H]2CCC[C@H](C)[C@@H]2C)cc1. The number of thioether (sulfide) groups is 1. The van der Waals surface area contributed by atoms with Gasteiger partial charge in [-0.3, -0.25) is 15.6 Å². The van der Waals surface area contributed by atoms with Crippen LogP contribution in [0.3, 0.4) is 0 Å². The lowest BCUT2D eigenvalue weighted by Crippen LogP contribution is -2.52. The molecular weight excluding hydrogens is 366 g/mol. The van der Waals surface area contributed by atoms with Crippen molar-refractivity contribution in [1.82, 2.24) is 16.2 Å². The van der Waals surface area contributed by atoms with E-state index in [1.165, 1.54) is 24.6 Å². The van der Waals surface area contributed by atoms with Gasteiger partial charge >= 0.3 is 0 Å². The monoisotopic (exact) mass is 395 g/mol. The number of thiocarbonyl (C=S) groups is 1. The van der Waals surface area contributed by atoms with Crippen LogP contribution in [0.2, 0.25) is 0 Å². The van der Waals surface area contributed by atoms with Crippen LogP contribution in [0, 0.1) is 11.8 Å². The first-order chi connectivity index (χ1) is 12.5. The summed E-state index contributed by atoms with van der Waals surface area (Å²) in [6, 6.07) is 8.09. The van der Waals surface area contributed by atoms with E-state index >= 15 is 0 Å². The first-order valence-corrected chi connectivity index (χ1v) is 10.6. The summed E-state index contributed by atoms with van der Waals surface area (Å²) in [6.07, 6.45) is 3.62. The molecule has 1 aromatic carbocycles. The Kier molecular flexibility index (Phi) is 8.51. The minimum Gasteiger partial charge on any atom is -0.494 e. The molecule has 1 aliphatic rings. The molecule has 3 N–H and O–H groups in total. The van der Waals surface area contributed by atoms with Gasteiger partial charge in [0.15, 0.2) is 5.11 Å². The molecule has 1 aliphatic carbocycles. The third kappa shape index (κ3) is 6.68. The third-order valence-corrected chi connectivity index (χ3v) is 6.08. The van der Waals surface area contributed by atoms with Crippen molar-refractivity contribution in [2.75, 3.05) is 12.4 Å². The van der Waals surface area contributed by atoms with E-state index in [-0.39, 0.29) is 5.91 Å². The Labute approximate surface area is 166 Å². The molecule has 1 aromatic rings. The molecular formula is C19H29N3O2S2. The Balaban J connectivity index is 1.67. The molecule has 26 heavy (non-hydrogen) atoms. The Hall–Kier alpha value is -1.47. The van der Waals surface area contributed by atoms with Crippen LogP contribution in [-0.4, -0.2) is 29.4 Å². The summed E-state index contributed by atoms with van der Waals surface area (Å²) in [4.78, 5) is 13.0. The average molecular weight is 396 g/mol. The number of hydrazine groups is 1. The minimum absolute atomic E-state index is 0.113. The van der Waals surface area contributed by atoms with Crippen molar-refractivity contribution in [2.24, 2.45) is 11.8 Å². The molecule has 0 aromatic heterocycles. The molecule has 2 rings (SSSR count). The number of benzene rings is 1. The van der Waals surface area contributed by atoms with E-state index < -0.39 is 0 Å². The lowest BCUT2D eigenvalue weighted by molar-refractivity contribution is -0.119. The van der Waals surface area contributed by atoms with Gasteiger partial charge in [0.05, 0.1) is 12.4 Å². The summed E-state index contributed by atoms with van der Waals surface area (Å²) in [7, 11) is 0. The van der Waals surface area contributed by atoms with Crippen molar-refractivity contribution in [2.45, 2.75) is 51.0 Å². The normalized spacial score (nSPS) is 22.3. The number of amides is 1. The second-order valence-electron chi connectivity index (χ2n) is 6.71. The zero-order valence-electron chi connectivity index (χ0n) is 15.7. The highest BCUT2D eigenvalue weighted by Crippen LogP contribution is 2.29. The van der Waals surface area contributed by atoms with E-state index in [1.54, 1.807) is 0 Å². The van der Waals surface area contributed by atoms with E-state index in [4.69, 9.17) is 17.0 Å². The predicted octanol–water partition coefficient (Wildman–Crippen LogP) is 3.50. The van der Waals surface area contributed by atoms with Crippen molar-refractivity contribution in [3.63, 3.8) is 0 Å². The molecule has 0 spiro atoms. The minimum atomic E-state index is -0.113. The van der Waals surface area contributed by atoms with Crippen molar-refractivity contribution in [1.29, 1.82) is 0 Å². The van der Waals surface area contributed by atoms with E-state index in [0.717, 1.165) is 17.1 Å². The Morgan fingerprint density at radius 1 is 1.23 bits per heavy atom. The maximum Gasteiger partial charge on any atom is 0.248 e. The molecule has 0 radical (unpaired) electrons. The van der Waals surface area contributed by atoms with Gasteiger partial charge in [-0.1, -0.05) is 26.7 Å². The maximum atomic E-state index is 12.0. The first kappa shape index (κ1) is 20.8. The maximum absolute atomic E-state index is 12.0. The van der Waals surface area contributed by atoms with Gasteiger partial charge in [0.1, 0.15) is 5.75 Å². The fraction of sp³-hybridized carbons (Fsp3) is 0.579. The number of carbonyl (C=O) groups is 1. The van der Waals surface area contributed by atoms with Crippen molar-refractivity contribution in [3.05, 3.63) is 24.3 Å². The molecule has 7 heteroatoms. The summed E-state index contributed by atoms with van der Waals surface area (Å²) in [5, 5.41) is 3.81. The standard InChI is InChI=1S/C19H29N3O2S2/c1-4-24-15-8-10-16(11-9-15)26-12-18(23)21-22-19(25)20-17-7-5-6-13(2)14(17)3/h8-11,13-14,17H,4-7,12H2,1-3H3,(H,21,23)(H2,20,22,25)/t13-,14-,17+/m0/s1. The predicted molar refractivity (Wildman–Crippen MR) is 111 cm³/mol. The van der Waals surface area contributed by atoms with Crippen LogP contribution in [0.1, 0.15) is 40.0 Å². The topological polar surface area (TPSA) is 62.4 Å². The highest BCUT2D eigenvalue weighted by Gasteiger charge is 2.27. The highest BCUT2D eigenvalue weighted by atomic mass is 32.2. The van der Waals surface area contributed by atoms with E-state index in [2.05, 4.69) is 30.0 Å². The number of nitrogens with one attached hydrogen (secondary N) is 3. The molecule has 0 bridgehead atoms. The van der Waals surface area contributed by atoms with Gasteiger partial charge in [0, 0.05) is 10.9 Å². The van der Waals surface area contributed by atoms with Gasteiger partial charge in [0.2, 0.25) is 5.91 Å². The number of carbonyl (C=O) groups excluding carboxylic acids is 1. The number of hydrogen-bond donors (Lipinski definition) is 3. The lowest BCUT2D eigenvalue weighted by atomic mass is 9.78. The zero-order chi connectivity index (χ0) is 18.9. The quantitative estimate of drug-likeness (QED) is 0.389. The summed E-state index contributed by atoms with van der Waals surface area (Å²) < 4.78 is 5.41. The number of hydrogen-bond acceptors (Lipinski definition) is 4. The average Bonchev–Trinajstić information content (AvgIpc) is 2.63. The second kappa shape index (κ2) is 10.6. The van der Waals surface area contributed by atoms with Gasteiger partial charge in [-0.2, -0.15) is 0 Å². The molecule has 5 nitrogen and oxygen atoms in total. The Bertz CT molecular complexity index is 595. The van der Waals surface area contributed by atoms with Crippen LogP contribution in [-0.2, 0) is 4.79 Å². The molecule has 144 valence electrons. The summed E-state index contributed by atoms with van der Waals surface area (Å²) in [6.45, 7) is 7.15. The molecule has 1 amide bonds. The molecule has 0 unspecified atom stereocenters. The molecule has 0 saturated heterocycles. The summed E-state index contributed by atoms with van der Waals surface area (Å²) >= 11 is 6.78. The Morgan fingerprint density at radius 3 is 2.65 bits per heavy atom. The second-order valence-corrected chi connectivity index (χ2v) is 8.17. The van der Waals surface area contributed by atoms with Crippen LogP contribution in [0.15, 0.2) is 29.2 Å². The molecule has 1 saturated carbocycles. The summed E-state index contributed by atoms with van der Waals surface area (Å²) in [5.41, 5.74) is 5.48. The van der Waals surface area contributed by atoms with Crippen molar-refractivity contribution in [3.8, 4) is 5.75 Å². The molecule has 1 fully saturated rings. The van der Waals surface area contributed by atoms with Crippen LogP contribution in [0.25, 0.3) is 0 Å².